The molecule has 0 saturated carbocycles. The molecule has 0 heterocycles. The van der Waals surface area contributed by atoms with Crippen LogP contribution in [0.3, 0.4) is 0 Å². The Labute approximate surface area is 120 Å². The highest BCUT2D eigenvalue weighted by Crippen LogP contribution is 2.28. The number of methoxy groups -OCH3 is 1. The third-order valence-electron chi connectivity index (χ3n) is 2.48. The summed E-state index contributed by atoms with van der Waals surface area (Å²) in [6, 6.07) is 13.5. The summed E-state index contributed by atoms with van der Waals surface area (Å²) in [4.78, 5) is 0.105. The third kappa shape index (κ3) is 3.08. The molecule has 0 fully saturated rings. The summed E-state index contributed by atoms with van der Waals surface area (Å²) in [7, 11) is -2.25. The van der Waals surface area contributed by atoms with E-state index in [1.807, 2.05) is 6.07 Å². The van der Waals surface area contributed by atoms with Gasteiger partial charge in [0.05, 0.1) is 12.8 Å². The third-order valence-corrected chi connectivity index (χ3v) is 4.57. The molecule has 0 aliphatic carbocycles. The number of rotatable bonds is 4. The molecule has 2 aromatic rings. The summed E-state index contributed by atoms with van der Waals surface area (Å²) < 4.78 is 32.9. The van der Waals surface area contributed by atoms with Crippen molar-refractivity contribution >= 4 is 31.6 Å². The Bertz CT molecular complexity index is 686. The lowest BCUT2D eigenvalue weighted by atomic mass is 10.3. The summed E-state index contributed by atoms with van der Waals surface area (Å²) in [5.41, 5.74) is 0.480. The van der Waals surface area contributed by atoms with E-state index in [0.29, 0.717) is 15.9 Å². The molecule has 0 aliphatic heterocycles. The van der Waals surface area contributed by atoms with Crippen molar-refractivity contribution in [3.05, 3.63) is 53.0 Å². The maximum atomic E-state index is 12.3. The van der Waals surface area contributed by atoms with E-state index in [4.69, 9.17) is 4.74 Å². The zero-order chi connectivity index (χ0) is 13.9. The Morgan fingerprint density at radius 2 is 1.68 bits per heavy atom. The van der Waals surface area contributed by atoms with E-state index in [9.17, 15) is 8.42 Å². The van der Waals surface area contributed by atoms with Gasteiger partial charge in [-0.05, 0) is 40.2 Å². The number of hydrogen-bond donors (Lipinski definition) is 1. The second-order valence-corrected chi connectivity index (χ2v) is 6.24. The van der Waals surface area contributed by atoms with Crippen molar-refractivity contribution in [2.24, 2.45) is 0 Å². The van der Waals surface area contributed by atoms with Crippen molar-refractivity contribution in [3.8, 4) is 5.75 Å². The van der Waals surface area contributed by atoms with Gasteiger partial charge < -0.3 is 4.74 Å². The second kappa shape index (κ2) is 5.63. The molecule has 0 amide bonds. The molecule has 0 atom stereocenters. The molecule has 4 nitrogen and oxygen atoms in total. The summed E-state index contributed by atoms with van der Waals surface area (Å²) in [5, 5.41) is 0. The maximum absolute atomic E-state index is 12.3. The lowest BCUT2D eigenvalue weighted by molar-refractivity contribution is 0.403. The van der Waals surface area contributed by atoms with Crippen LogP contribution < -0.4 is 9.46 Å². The fourth-order valence-electron chi connectivity index (χ4n) is 1.58. The topological polar surface area (TPSA) is 55.4 Å². The van der Waals surface area contributed by atoms with Crippen molar-refractivity contribution < 1.29 is 13.2 Å². The quantitative estimate of drug-likeness (QED) is 0.928. The summed E-state index contributed by atoms with van der Waals surface area (Å²) >= 11 is 3.30. The first-order valence-electron chi connectivity index (χ1n) is 5.45. The van der Waals surface area contributed by atoms with Gasteiger partial charge in [0, 0.05) is 4.47 Å². The lowest BCUT2D eigenvalue weighted by Crippen LogP contribution is -2.14. The minimum Gasteiger partial charge on any atom is -0.495 e. The lowest BCUT2D eigenvalue weighted by Gasteiger charge is -2.12. The Morgan fingerprint density at radius 1 is 1.05 bits per heavy atom. The molecule has 0 aliphatic rings. The molecule has 1 N–H and O–H groups in total. The van der Waals surface area contributed by atoms with Crippen molar-refractivity contribution in [2.45, 2.75) is 4.90 Å². The van der Waals surface area contributed by atoms with Crippen LogP contribution in [0.5, 0.6) is 5.75 Å². The van der Waals surface area contributed by atoms with E-state index in [1.165, 1.54) is 13.2 Å². The van der Waals surface area contributed by atoms with Gasteiger partial charge in [-0.15, -0.1) is 0 Å². The number of halogens is 1. The number of ether oxygens (including phenoxy) is 1. The first kappa shape index (κ1) is 13.9. The first-order valence-corrected chi connectivity index (χ1v) is 7.72. The normalized spacial score (nSPS) is 11.1. The predicted octanol–water partition coefficient (Wildman–Crippen LogP) is 3.26. The highest BCUT2D eigenvalue weighted by atomic mass is 79.9. The molecule has 0 aromatic heterocycles. The minimum absolute atomic E-state index is 0.105. The number of para-hydroxylation sites is 2. The summed E-state index contributed by atoms with van der Waals surface area (Å²) in [6.45, 7) is 0. The Hall–Kier alpha value is -1.53. The van der Waals surface area contributed by atoms with Crippen LogP contribution in [-0.2, 0) is 10.0 Å². The highest BCUT2D eigenvalue weighted by molar-refractivity contribution is 9.10. The molecule has 0 saturated heterocycles. The van der Waals surface area contributed by atoms with Crippen LogP contribution in [-0.4, -0.2) is 15.5 Å². The van der Waals surface area contributed by atoms with E-state index < -0.39 is 10.0 Å². The molecular formula is C13H12BrNO3S. The first-order chi connectivity index (χ1) is 9.04. The molecule has 19 heavy (non-hydrogen) atoms. The molecule has 0 bridgehead atoms. The van der Waals surface area contributed by atoms with E-state index in [1.54, 1.807) is 36.4 Å². The summed E-state index contributed by atoms with van der Waals surface area (Å²) in [6.07, 6.45) is 0. The Morgan fingerprint density at radius 3 is 2.37 bits per heavy atom. The average molecular weight is 342 g/mol. The van der Waals surface area contributed by atoms with Gasteiger partial charge in [-0.2, -0.15) is 0 Å². The molecule has 0 radical (unpaired) electrons. The van der Waals surface area contributed by atoms with Gasteiger partial charge in [0.25, 0.3) is 10.0 Å². The van der Waals surface area contributed by atoms with Gasteiger partial charge in [0.1, 0.15) is 10.6 Å². The molecule has 6 heteroatoms. The standard InChI is InChI=1S/C13H12BrNO3S/c1-18-12-8-4-5-9-13(12)19(16,17)15-11-7-3-2-6-10(11)14/h2-9,15H,1H3. The van der Waals surface area contributed by atoms with Crippen LogP contribution >= 0.6 is 15.9 Å². The van der Waals surface area contributed by atoms with Gasteiger partial charge in [-0.1, -0.05) is 24.3 Å². The van der Waals surface area contributed by atoms with Crippen LogP contribution in [0.15, 0.2) is 57.9 Å². The average Bonchev–Trinajstić information content (AvgIpc) is 2.41. The SMILES string of the molecule is COc1ccccc1S(=O)(=O)Nc1ccccc1Br. The van der Waals surface area contributed by atoms with Gasteiger partial charge in [0.15, 0.2) is 0 Å². The molecule has 0 spiro atoms. The minimum atomic E-state index is -3.68. The molecule has 2 rings (SSSR count). The van der Waals surface area contributed by atoms with E-state index in [2.05, 4.69) is 20.7 Å². The van der Waals surface area contributed by atoms with E-state index >= 15 is 0 Å². The smallest absolute Gasteiger partial charge is 0.265 e. The molecule has 0 unspecified atom stereocenters. The van der Waals surface area contributed by atoms with Gasteiger partial charge >= 0.3 is 0 Å². The van der Waals surface area contributed by atoms with Gasteiger partial charge in [-0.3, -0.25) is 4.72 Å². The zero-order valence-electron chi connectivity index (χ0n) is 10.1. The number of hydrogen-bond acceptors (Lipinski definition) is 3. The van der Waals surface area contributed by atoms with Crippen LogP contribution in [0.4, 0.5) is 5.69 Å². The second-order valence-electron chi connectivity index (χ2n) is 3.74. The Balaban J connectivity index is 2.41. The van der Waals surface area contributed by atoms with Crippen LogP contribution in [0.2, 0.25) is 0 Å². The van der Waals surface area contributed by atoms with Crippen molar-refractivity contribution in [1.82, 2.24) is 0 Å². The number of anilines is 1. The molecule has 2 aromatic carbocycles. The largest absolute Gasteiger partial charge is 0.495 e. The zero-order valence-corrected chi connectivity index (χ0v) is 12.5. The van der Waals surface area contributed by atoms with Crippen LogP contribution in [0, 0.1) is 0 Å². The monoisotopic (exact) mass is 341 g/mol. The number of sulfonamides is 1. The van der Waals surface area contributed by atoms with E-state index in [0.717, 1.165) is 0 Å². The molecular weight excluding hydrogens is 330 g/mol. The maximum Gasteiger partial charge on any atom is 0.265 e. The number of nitrogens with one attached hydrogen (secondary N) is 1. The van der Waals surface area contributed by atoms with Crippen molar-refractivity contribution in [3.63, 3.8) is 0 Å². The predicted molar refractivity (Wildman–Crippen MR) is 77.9 cm³/mol. The van der Waals surface area contributed by atoms with Crippen LogP contribution in [0.1, 0.15) is 0 Å². The number of benzene rings is 2. The van der Waals surface area contributed by atoms with Crippen molar-refractivity contribution in [2.75, 3.05) is 11.8 Å². The van der Waals surface area contributed by atoms with E-state index in [-0.39, 0.29) is 4.90 Å². The van der Waals surface area contributed by atoms with Gasteiger partial charge in [0.2, 0.25) is 0 Å². The molecule has 100 valence electrons. The van der Waals surface area contributed by atoms with Crippen molar-refractivity contribution in [1.29, 1.82) is 0 Å². The van der Waals surface area contributed by atoms with Gasteiger partial charge in [-0.25, -0.2) is 8.42 Å². The van der Waals surface area contributed by atoms with Crippen LogP contribution in [0.25, 0.3) is 0 Å². The summed E-state index contributed by atoms with van der Waals surface area (Å²) in [5.74, 6) is 0.307. The highest BCUT2D eigenvalue weighted by Gasteiger charge is 2.19. The Kier molecular flexibility index (Phi) is 4.11. The fourth-order valence-corrected chi connectivity index (χ4v) is 3.35. The fraction of sp³-hybridized carbons (Fsp3) is 0.0769.